The predicted molar refractivity (Wildman–Crippen MR) is 114 cm³/mol. The van der Waals surface area contributed by atoms with Crippen molar-refractivity contribution in [3.05, 3.63) is 70.5 Å². The molecule has 6 nitrogen and oxygen atoms in total. The molecule has 1 N–H and O–H groups in total. The van der Waals surface area contributed by atoms with Gasteiger partial charge in [0.25, 0.3) is 5.56 Å². The van der Waals surface area contributed by atoms with Crippen molar-refractivity contribution < 1.29 is 9.47 Å². The van der Waals surface area contributed by atoms with Crippen molar-refractivity contribution in [1.82, 2.24) is 9.78 Å². The van der Waals surface area contributed by atoms with Crippen LogP contribution in [-0.4, -0.2) is 41.9 Å². The van der Waals surface area contributed by atoms with Crippen LogP contribution in [0.15, 0.2) is 64.4 Å². The first kappa shape index (κ1) is 19.2. The van der Waals surface area contributed by atoms with Crippen molar-refractivity contribution in [2.24, 2.45) is 4.99 Å². The number of nitrogens with zero attached hydrogens (tertiary/aromatic N) is 2. The standard InChI is InChI=1S/C23H25N3O3/c1-16(24-15-20-9-6-14-29-20)21-22(17-10-12-19(28-2)13-11-17)25-26(23(21)27)18-7-4-3-5-8-18/h3-5,7-8,10-13,20,25H,6,9,14-15H2,1-2H3/t20-/m1/s1. The van der Waals surface area contributed by atoms with Crippen LogP contribution in [0.1, 0.15) is 25.3 Å². The quantitative estimate of drug-likeness (QED) is 0.650. The van der Waals surface area contributed by atoms with Crippen LogP contribution in [0, 0.1) is 0 Å². The van der Waals surface area contributed by atoms with Crippen molar-refractivity contribution >= 4 is 5.71 Å². The van der Waals surface area contributed by atoms with E-state index in [4.69, 9.17) is 14.5 Å². The Kier molecular flexibility index (Phi) is 5.62. The Balaban J connectivity index is 1.79. The minimum atomic E-state index is -0.115. The third-order valence-corrected chi connectivity index (χ3v) is 5.20. The first-order valence-corrected chi connectivity index (χ1v) is 9.85. The molecule has 0 spiro atoms. The summed E-state index contributed by atoms with van der Waals surface area (Å²) in [6.07, 6.45) is 2.23. The van der Waals surface area contributed by atoms with Crippen molar-refractivity contribution in [3.8, 4) is 22.7 Å². The molecule has 1 aromatic heterocycles. The Hall–Kier alpha value is -3.12. The van der Waals surface area contributed by atoms with Crippen molar-refractivity contribution in [2.45, 2.75) is 25.9 Å². The van der Waals surface area contributed by atoms with Crippen LogP contribution in [0.2, 0.25) is 0 Å². The Bertz CT molecular complexity index is 1040. The molecule has 1 aliphatic rings. The van der Waals surface area contributed by atoms with Crippen LogP contribution in [-0.2, 0) is 4.74 Å². The monoisotopic (exact) mass is 391 g/mol. The van der Waals surface area contributed by atoms with Gasteiger partial charge in [-0.1, -0.05) is 18.2 Å². The van der Waals surface area contributed by atoms with Gasteiger partial charge in [0.05, 0.1) is 36.7 Å². The zero-order chi connectivity index (χ0) is 20.2. The van der Waals surface area contributed by atoms with Crippen LogP contribution in [0.25, 0.3) is 16.9 Å². The number of ether oxygens (including phenoxy) is 2. The summed E-state index contributed by atoms with van der Waals surface area (Å²) in [5.41, 5.74) is 3.61. The number of para-hydroxylation sites is 1. The number of hydrogen-bond acceptors (Lipinski definition) is 4. The van der Waals surface area contributed by atoms with Gasteiger partial charge in [-0.25, -0.2) is 4.68 Å². The van der Waals surface area contributed by atoms with E-state index in [-0.39, 0.29) is 11.7 Å². The minimum absolute atomic E-state index is 0.115. The molecule has 0 aliphatic carbocycles. The second-order valence-electron chi connectivity index (χ2n) is 7.13. The van der Waals surface area contributed by atoms with E-state index in [2.05, 4.69) is 5.10 Å². The normalized spacial score (nSPS) is 16.9. The number of benzene rings is 2. The van der Waals surface area contributed by atoms with Gasteiger partial charge in [-0.3, -0.25) is 14.9 Å². The number of nitrogens with one attached hydrogen (secondary N) is 1. The lowest BCUT2D eigenvalue weighted by atomic mass is 10.0. The molecule has 1 atom stereocenters. The second kappa shape index (κ2) is 8.49. The number of aromatic nitrogens is 2. The van der Waals surface area contributed by atoms with E-state index in [1.54, 1.807) is 11.8 Å². The first-order chi connectivity index (χ1) is 14.2. The summed E-state index contributed by atoms with van der Waals surface area (Å²) in [5, 5.41) is 3.28. The lowest BCUT2D eigenvalue weighted by Gasteiger charge is -2.07. The van der Waals surface area contributed by atoms with E-state index < -0.39 is 0 Å². The summed E-state index contributed by atoms with van der Waals surface area (Å²) in [6, 6.07) is 17.2. The predicted octanol–water partition coefficient (Wildman–Crippen LogP) is 3.83. The number of methoxy groups -OCH3 is 1. The fourth-order valence-corrected chi connectivity index (χ4v) is 3.60. The molecule has 1 saturated heterocycles. The number of rotatable bonds is 6. The fourth-order valence-electron chi connectivity index (χ4n) is 3.60. The van der Waals surface area contributed by atoms with E-state index in [0.29, 0.717) is 17.8 Å². The van der Waals surface area contributed by atoms with E-state index >= 15 is 0 Å². The molecule has 6 heteroatoms. The molecule has 2 heterocycles. The summed E-state index contributed by atoms with van der Waals surface area (Å²) in [4.78, 5) is 18.0. The summed E-state index contributed by atoms with van der Waals surface area (Å²) in [6.45, 7) is 3.26. The van der Waals surface area contributed by atoms with Gasteiger partial charge in [-0.05, 0) is 56.2 Å². The lowest BCUT2D eigenvalue weighted by molar-refractivity contribution is 0.118. The maximum Gasteiger partial charge on any atom is 0.280 e. The third-order valence-electron chi connectivity index (χ3n) is 5.20. The van der Waals surface area contributed by atoms with Gasteiger partial charge in [0, 0.05) is 17.9 Å². The highest BCUT2D eigenvalue weighted by Crippen LogP contribution is 2.24. The van der Waals surface area contributed by atoms with Crippen LogP contribution in [0.4, 0.5) is 0 Å². The van der Waals surface area contributed by atoms with Gasteiger partial charge in [-0.15, -0.1) is 0 Å². The van der Waals surface area contributed by atoms with E-state index in [9.17, 15) is 4.79 Å². The van der Waals surface area contributed by atoms with Gasteiger partial charge in [0.2, 0.25) is 0 Å². The first-order valence-electron chi connectivity index (χ1n) is 9.85. The molecule has 29 heavy (non-hydrogen) atoms. The molecule has 1 aliphatic heterocycles. The number of hydrogen-bond donors (Lipinski definition) is 1. The maximum absolute atomic E-state index is 13.3. The van der Waals surface area contributed by atoms with Gasteiger partial charge in [0.1, 0.15) is 5.75 Å². The molecular weight excluding hydrogens is 366 g/mol. The average Bonchev–Trinajstić information content (AvgIpc) is 3.40. The van der Waals surface area contributed by atoms with Crippen LogP contribution in [0.5, 0.6) is 5.75 Å². The highest BCUT2D eigenvalue weighted by Gasteiger charge is 2.20. The smallest absolute Gasteiger partial charge is 0.280 e. The fraction of sp³-hybridized carbons (Fsp3) is 0.304. The summed E-state index contributed by atoms with van der Waals surface area (Å²) in [5.74, 6) is 0.768. The topological polar surface area (TPSA) is 68.6 Å². The molecule has 2 aromatic carbocycles. The highest BCUT2D eigenvalue weighted by molar-refractivity contribution is 6.03. The van der Waals surface area contributed by atoms with Crippen LogP contribution in [0.3, 0.4) is 0 Å². The second-order valence-corrected chi connectivity index (χ2v) is 7.13. The van der Waals surface area contributed by atoms with Crippen LogP contribution >= 0.6 is 0 Å². The molecule has 1 fully saturated rings. The molecule has 0 bridgehead atoms. The lowest BCUT2D eigenvalue weighted by Crippen LogP contribution is -2.20. The Morgan fingerprint density at radius 3 is 2.62 bits per heavy atom. The maximum atomic E-state index is 13.3. The van der Waals surface area contributed by atoms with Gasteiger partial charge < -0.3 is 9.47 Å². The van der Waals surface area contributed by atoms with E-state index in [1.807, 2.05) is 61.5 Å². The number of H-pyrrole nitrogens is 1. The molecular formula is C23H25N3O3. The zero-order valence-corrected chi connectivity index (χ0v) is 16.7. The summed E-state index contributed by atoms with van der Waals surface area (Å²) in [7, 11) is 1.64. The average molecular weight is 391 g/mol. The Morgan fingerprint density at radius 2 is 1.97 bits per heavy atom. The summed E-state index contributed by atoms with van der Waals surface area (Å²) >= 11 is 0. The zero-order valence-electron chi connectivity index (χ0n) is 16.7. The largest absolute Gasteiger partial charge is 0.497 e. The molecule has 0 amide bonds. The summed E-state index contributed by atoms with van der Waals surface area (Å²) < 4.78 is 12.5. The molecule has 0 saturated carbocycles. The van der Waals surface area contributed by atoms with Crippen LogP contribution < -0.4 is 10.3 Å². The molecule has 150 valence electrons. The molecule has 0 radical (unpaired) electrons. The third kappa shape index (κ3) is 4.03. The Morgan fingerprint density at radius 1 is 1.21 bits per heavy atom. The number of aromatic amines is 1. The van der Waals surface area contributed by atoms with E-state index in [0.717, 1.165) is 42.1 Å². The highest BCUT2D eigenvalue weighted by atomic mass is 16.5. The Labute approximate surface area is 169 Å². The van der Waals surface area contributed by atoms with Crippen molar-refractivity contribution in [2.75, 3.05) is 20.3 Å². The van der Waals surface area contributed by atoms with Gasteiger partial charge in [0.15, 0.2) is 0 Å². The molecule has 4 rings (SSSR count). The van der Waals surface area contributed by atoms with Crippen molar-refractivity contribution in [3.63, 3.8) is 0 Å². The van der Waals surface area contributed by atoms with Gasteiger partial charge >= 0.3 is 0 Å². The van der Waals surface area contributed by atoms with Gasteiger partial charge in [-0.2, -0.15) is 0 Å². The van der Waals surface area contributed by atoms with E-state index in [1.165, 1.54) is 0 Å². The van der Waals surface area contributed by atoms with Crippen molar-refractivity contribution in [1.29, 1.82) is 0 Å². The molecule has 0 unspecified atom stereocenters. The minimum Gasteiger partial charge on any atom is -0.497 e. The number of aliphatic imine (C=N–C) groups is 1. The SMILES string of the molecule is COc1ccc(-c2[nH]n(-c3ccccc3)c(=O)c2C(C)=NC[C@H]2CCCO2)cc1. The molecule has 3 aromatic rings.